The van der Waals surface area contributed by atoms with Gasteiger partial charge in [-0.3, -0.25) is 4.79 Å². The van der Waals surface area contributed by atoms with Crippen LogP contribution < -0.4 is 10.2 Å². The van der Waals surface area contributed by atoms with Crippen molar-refractivity contribution in [2.75, 3.05) is 23.7 Å². The molecule has 0 aliphatic carbocycles. The van der Waals surface area contributed by atoms with Crippen LogP contribution in [0.3, 0.4) is 0 Å². The quantitative estimate of drug-likeness (QED) is 0.864. The highest BCUT2D eigenvalue weighted by Crippen LogP contribution is 2.31. The Morgan fingerprint density at radius 2 is 2.21 bits per heavy atom. The maximum atomic E-state index is 12.6. The molecular formula is C14H19ClN2OS. The molecule has 3 nitrogen and oxygen atoms in total. The highest BCUT2D eigenvalue weighted by molar-refractivity contribution is 8.00. The van der Waals surface area contributed by atoms with Crippen LogP contribution in [-0.4, -0.2) is 30.0 Å². The molecule has 2 aliphatic rings. The number of para-hydroxylation sites is 1. The third-order valence-corrected chi connectivity index (χ3v) is 4.95. The van der Waals surface area contributed by atoms with Gasteiger partial charge in [0.15, 0.2) is 0 Å². The fourth-order valence-electron chi connectivity index (χ4n) is 2.63. The van der Waals surface area contributed by atoms with Crippen LogP contribution in [0.2, 0.25) is 0 Å². The number of nitrogens with one attached hydrogen (secondary N) is 1. The first kappa shape index (κ1) is 14.7. The normalized spacial score (nSPS) is 22.3. The van der Waals surface area contributed by atoms with E-state index in [0.717, 1.165) is 37.5 Å². The summed E-state index contributed by atoms with van der Waals surface area (Å²) < 4.78 is 0. The number of nitrogens with zero attached hydrogens (tertiary/aromatic N) is 1. The predicted octanol–water partition coefficient (Wildman–Crippen LogP) is 2.44. The van der Waals surface area contributed by atoms with E-state index in [1.807, 2.05) is 28.8 Å². The van der Waals surface area contributed by atoms with E-state index in [1.54, 1.807) is 0 Å². The van der Waals surface area contributed by atoms with Gasteiger partial charge in [-0.15, -0.1) is 24.2 Å². The third-order valence-electron chi connectivity index (χ3n) is 3.58. The summed E-state index contributed by atoms with van der Waals surface area (Å²) in [6.45, 7) is 2.52. The lowest BCUT2D eigenvalue weighted by molar-refractivity contribution is -0.118. The van der Waals surface area contributed by atoms with E-state index in [4.69, 9.17) is 0 Å². The minimum atomic E-state index is 0. The van der Waals surface area contributed by atoms with Crippen LogP contribution in [0.1, 0.15) is 18.4 Å². The van der Waals surface area contributed by atoms with Crippen LogP contribution >= 0.6 is 24.2 Å². The molecule has 1 N–H and O–H groups in total. The van der Waals surface area contributed by atoms with Gasteiger partial charge in [-0.05, 0) is 30.2 Å². The standard InChI is InChI=1S/C14H18N2OS.ClH/c17-14(13-6-3-9-18-13)16-8-7-15-10-11-4-1-2-5-12(11)16;/h1-2,4-5,13,15H,3,6-10H2;1H. The maximum Gasteiger partial charge on any atom is 0.240 e. The Morgan fingerprint density at radius 1 is 1.37 bits per heavy atom. The molecule has 2 heterocycles. The van der Waals surface area contributed by atoms with Crippen molar-refractivity contribution < 1.29 is 4.79 Å². The first-order valence-electron chi connectivity index (χ1n) is 6.58. The Bertz CT molecular complexity index is 449. The highest BCUT2D eigenvalue weighted by Gasteiger charge is 2.30. The van der Waals surface area contributed by atoms with Crippen LogP contribution in [0.25, 0.3) is 0 Å². The summed E-state index contributed by atoms with van der Waals surface area (Å²) in [5.41, 5.74) is 2.33. The van der Waals surface area contributed by atoms with E-state index < -0.39 is 0 Å². The number of rotatable bonds is 1. The molecule has 1 atom stereocenters. The molecule has 19 heavy (non-hydrogen) atoms. The summed E-state index contributed by atoms with van der Waals surface area (Å²) in [7, 11) is 0. The largest absolute Gasteiger partial charge is 0.311 e. The first-order chi connectivity index (χ1) is 8.86. The number of halogens is 1. The Kier molecular flexibility index (Phi) is 5.13. The van der Waals surface area contributed by atoms with Crippen LogP contribution in [0, 0.1) is 0 Å². The minimum Gasteiger partial charge on any atom is -0.311 e. The van der Waals surface area contributed by atoms with Gasteiger partial charge in [-0.1, -0.05) is 18.2 Å². The molecule has 1 amide bonds. The Hall–Kier alpha value is -0.710. The number of hydrogen-bond acceptors (Lipinski definition) is 3. The van der Waals surface area contributed by atoms with E-state index in [9.17, 15) is 4.79 Å². The summed E-state index contributed by atoms with van der Waals surface area (Å²) in [6.07, 6.45) is 2.21. The second-order valence-electron chi connectivity index (χ2n) is 4.80. The van der Waals surface area contributed by atoms with Crippen molar-refractivity contribution in [2.24, 2.45) is 0 Å². The predicted molar refractivity (Wildman–Crippen MR) is 83.2 cm³/mol. The highest BCUT2D eigenvalue weighted by atomic mass is 35.5. The molecule has 0 aromatic heterocycles. The van der Waals surface area contributed by atoms with Crippen LogP contribution in [0.4, 0.5) is 5.69 Å². The molecule has 1 unspecified atom stereocenters. The molecule has 0 radical (unpaired) electrons. The van der Waals surface area contributed by atoms with Crippen molar-refractivity contribution in [1.82, 2.24) is 5.32 Å². The van der Waals surface area contributed by atoms with Gasteiger partial charge in [0.25, 0.3) is 0 Å². The molecule has 0 spiro atoms. The number of thioether (sulfide) groups is 1. The van der Waals surface area contributed by atoms with Gasteiger partial charge in [0.2, 0.25) is 5.91 Å². The van der Waals surface area contributed by atoms with Gasteiger partial charge < -0.3 is 10.2 Å². The van der Waals surface area contributed by atoms with Gasteiger partial charge in [-0.25, -0.2) is 0 Å². The topological polar surface area (TPSA) is 32.3 Å². The van der Waals surface area contributed by atoms with Crippen LogP contribution in [0.15, 0.2) is 24.3 Å². The van der Waals surface area contributed by atoms with Gasteiger partial charge >= 0.3 is 0 Å². The maximum absolute atomic E-state index is 12.6. The third kappa shape index (κ3) is 3.07. The molecule has 3 rings (SSSR count). The van der Waals surface area contributed by atoms with Gasteiger partial charge in [0.05, 0.1) is 5.25 Å². The van der Waals surface area contributed by atoms with E-state index in [2.05, 4.69) is 17.4 Å². The average molecular weight is 299 g/mol. The van der Waals surface area contributed by atoms with Gasteiger partial charge in [-0.2, -0.15) is 0 Å². The zero-order valence-electron chi connectivity index (χ0n) is 10.8. The molecular weight excluding hydrogens is 280 g/mol. The summed E-state index contributed by atoms with van der Waals surface area (Å²) >= 11 is 1.81. The number of carbonyl (C=O) groups is 1. The lowest BCUT2D eigenvalue weighted by Crippen LogP contribution is -2.39. The lowest BCUT2D eigenvalue weighted by atomic mass is 10.1. The van der Waals surface area contributed by atoms with Crippen molar-refractivity contribution >= 4 is 35.8 Å². The van der Waals surface area contributed by atoms with E-state index >= 15 is 0 Å². The minimum absolute atomic E-state index is 0. The average Bonchev–Trinajstić information content (AvgIpc) is 2.85. The molecule has 1 aromatic carbocycles. The summed E-state index contributed by atoms with van der Waals surface area (Å²) in [5.74, 6) is 1.43. The zero-order chi connectivity index (χ0) is 12.4. The van der Waals surface area contributed by atoms with E-state index in [-0.39, 0.29) is 17.7 Å². The fourth-order valence-corrected chi connectivity index (χ4v) is 3.85. The molecule has 0 bridgehead atoms. The molecule has 5 heteroatoms. The fraction of sp³-hybridized carbons (Fsp3) is 0.500. The monoisotopic (exact) mass is 298 g/mol. The molecule has 1 fully saturated rings. The van der Waals surface area contributed by atoms with E-state index in [0.29, 0.717) is 5.91 Å². The molecule has 0 saturated carbocycles. The zero-order valence-corrected chi connectivity index (χ0v) is 12.4. The number of hydrogen-bond donors (Lipinski definition) is 1. The number of carbonyl (C=O) groups excluding carboxylic acids is 1. The Labute approximate surface area is 124 Å². The molecule has 1 saturated heterocycles. The number of benzene rings is 1. The van der Waals surface area contributed by atoms with Crippen LogP contribution in [-0.2, 0) is 11.3 Å². The number of anilines is 1. The SMILES string of the molecule is Cl.O=C(C1CCCS1)N1CCNCc2ccccc21. The Balaban J connectivity index is 0.00000133. The first-order valence-corrected chi connectivity index (χ1v) is 7.63. The molecule has 104 valence electrons. The summed E-state index contributed by atoms with van der Waals surface area (Å²) in [5, 5.41) is 3.56. The van der Waals surface area contributed by atoms with Gasteiger partial charge in [0, 0.05) is 25.3 Å². The Morgan fingerprint density at radius 3 is 3.00 bits per heavy atom. The molecule has 2 aliphatic heterocycles. The van der Waals surface area contributed by atoms with Crippen molar-refractivity contribution in [3.05, 3.63) is 29.8 Å². The van der Waals surface area contributed by atoms with E-state index in [1.165, 1.54) is 12.0 Å². The van der Waals surface area contributed by atoms with Crippen molar-refractivity contribution in [3.8, 4) is 0 Å². The number of fused-ring (bicyclic) bond motifs is 1. The van der Waals surface area contributed by atoms with Crippen LogP contribution in [0.5, 0.6) is 0 Å². The second kappa shape index (κ2) is 6.64. The second-order valence-corrected chi connectivity index (χ2v) is 6.11. The summed E-state index contributed by atoms with van der Waals surface area (Å²) in [4.78, 5) is 14.6. The van der Waals surface area contributed by atoms with Crippen molar-refractivity contribution in [1.29, 1.82) is 0 Å². The molecule has 1 aromatic rings. The summed E-state index contributed by atoms with van der Waals surface area (Å²) in [6, 6.07) is 8.24. The lowest BCUT2D eigenvalue weighted by Gasteiger charge is -2.25. The van der Waals surface area contributed by atoms with Crippen molar-refractivity contribution in [3.63, 3.8) is 0 Å². The van der Waals surface area contributed by atoms with Crippen molar-refractivity contribution in [2.45, 2.75) is 24.6 Å². The van der Waals surface area contributed by atoms with Gasteiger partial charge in [0.1, 0.15) is 0 Å². The number of amides is 1. The smallest absolute Gasteiger partial charge is 0.240 e.